The summed E-state index contributed by atoms with van der Waals surface area (Å²) in [7, 11) is 0. The average molecular weight is 202 g/mol. The van der Waals surface area contributed by atoms with Crippen LogP contribution >= 0.6 is 11.6 Å². The molecule has 2 unspecified atom stereocenters. The average Bonchev–Trinajstić information content (AvgIpc) is 2.51. The zero-order valence-corrected chi connectivity index (χ0v) is 8.50. The van der Waals surface area contributed by atoms with Crippen molar-refractivity contribution in [3.63, 3.8) is 0 Å². The van der Waals surface area contributed by atoms with Crippen LogP contribution in [0.15, 0.2) is 11.1 Å². The summed E-state index contributed by atoms with van der Waals surface area (Å²) in [6.45, 7) is 1.89. The predicted octanol–water partition coefficient (Wildman–Crippen LogP) is 1.73. The summed E-state index contributed by atoms with van der Waals surface area (Å²) in [6.07, 6.45) is 6.24. The monoisotopic (exact) mass is 201 g/mol. The SMILES string of the molecule is OC1CCCC1N1CCC=C(Cl)C1. The van der Waals surface area contributed by atoms with Crippen molar-refractivity contribution in [3.05, 3.63) is 11.1 Å². The molecule has 2 atom stereocenters. The molecule has 0 aromatic carbocycles. The Morgan fingerprint density at radius 1 is 1.46 bits per heavy atom. The van der Waals surface area contributed by atoms with Gasteiger partial charge in [-0.1, -0.05) is 17.7 Å². The maximum Gasteiger partial charge on any atom is 0.0695 e. The first-order chi connectivity index (χ1) is 6.27. The van der Waals surface area contributed by atoms with E-state index in [-0.39, 0.29) is 6.10 Å². The Balaban J connectivity index is 1.97. The molecule has 0 amide bonds. The van der Waals surface area contributed by atoms with Gasteiger partial charge in [0, 0.05) is 24.2 Å². The van der Waals surface area contributed by atoms with Gasteiger partial charge in [0.15, 0.2) is 0 Å². The molecule has 13 heavy (non-hydrogen) atoms. The third-order valence-corrected chi connectivity index (χ3v) is 3.32. The van der Waals surface area contributed by atoms with Crippen LogP contribution in [0.2, 0.25) is 0 Å². The maximum absolute atomic E-state index is 9.72. The smallest absolute Gasteiger partial charge is 0.0695 e. The standard InChI is InChI=1S/C10H16ClNO/c11-8-3-2-6-12(7-8)9-4-1-5-10(9)13/h3,9-10,13H,1-2,4-7H2. The highest BCUT2D eigenvalue weighted by atomic mass is 35.5. The third-order valence-electron chi connectivity index (χ3n) is 3.05. The van der Waals surface area contributed by atoms with Gasteiger partial charge in [-0.2, -0.15) is 0 Å². The maximum atomic E-state index is 9.72. The molecule has 1 aliphatic carbocycles. The van der Waals surface area contributed by atoms with E-state index >= 15 is 0 Å². The lowest BCUT2D eigenvalue weighted by molar-refractivity contribution is 0.0758. The van der Waals surface area contributed by atoms with Gasteiger partial charge in [-0.15, -0.1) is 0 Å². The highest BCUT2D eigenvalue weighted by Crippen LogP contribution is 2.27. The molecule has 0 aromatic rings. The van der Waals surface area contributed by atoms with E-state index in [2.05, 4.69) is 11.0 Å². The van der Waals surface area contributed by atoms with Crippen molar-refractivity contribution in [3.8, 4) is 0 Å². The van der Waals surface area contributed by atoms with Gasteiger partial charge < -0.3 is 5.11 Å². The second-order valence-electron chi connectivity index (χ2n) is 3.98. The number of nitrogens with zero attached hydrogens (tertiary/aromatic N) is 1. The number of aliphatic hydroxyl groups is 1. The van der Waals surface area contributed by atoms with E-state index in [0.29, 0.717) is 6.04 Å². The lowest BCUT2D eigenvalue weighted by Gasteiger charge is -2.32. The molecular formula is C10H16ClNO. The Hall–Kier alpha value is -0.0500. The molecule has 2 rings (SSSR count). The lowest BCUT2D eigenvalue weighted by atomic mass is 10.1. The Morgan fingerprint density at radius 2 is 2.31 bits per heavy atom. The summed E-state index contributed by atoms with van der Waals surface area (Å²) in [5.41, 5.74) is 0. The fourth-order valence-electron chi connectivity index (χ4n) is 2.35. The molecule has 3 heteroatoms. The summed E-state index contributed by atoms with van der Waals surface area (Å²) >= 11 is 5.98. The van der Waals surface area contributed by atoms with Gasteiger partial charge in [0.2, 0.25) is 0 Å². The molecule has 2 aliphatic rings. The molecule has 1 heterocycles. The van der Waals surface area contributed by atoms with Gasteiger partial charge in [-0.05, 0) is 25.7 Å². The molecule has 0 aromatic heterocycles. The van der Waals surface area contributed by atoms with E-state index in [9.17, 15) is 5.11 Å². The van der Waals surface area contributed by atoms with E-state index in [1.54, 1.807) is 0 Å². The van der Waals surface area contributed by atoms with Crippen LogP contribution < -0.4 is 0 Å². The van der Waals surface area contributed by atoms with Crippen molar-refractivity contribution < 1.29 is 5.11 Å². The Kier molecular flexibility index (Phi) is 2.92. The zero-order chi connectivity index (χ0) is 9.26. The van der Waals surface area contributed by atoms with Gasteiger partial charge in [-0.3, -0.25) is 4.90 Å². The van der Waals surface area contributed by atoms with Crippen molar-refractivity contribution in [2.24, 2.45) is 0 Å². The fraction of sp³-hybridized carbons (Fsp3) is 0.800. The van der Waals surface area contributed by atoms with E-state index in [1.165, 1.54) is 0 Å². The molecule has 0 saturated heterocycles. The van der Waals surface area contributed by atoms with E-state index < -0.39 is 0 Å². The Morgan fingerprint density at radius 3 is 2.92 bits per heavy atom. The van der Waals surface area contributed by atoms with Crippen LogP contribution in [0.4, 0.5) is 0 Å². The quantitative estimate of drug-likeness (QED) is 0.699. The fourth-order valence-corrected chi connectivity index (χ4v) is 2.62. The lowest BCUT2D eigenvalue weighted by Crippen LogP contribution is -2.42. The highest BCUT2D eigenvalue weighted by molar-refractivity contribution is 6.29. The minimum atomic E-state index is -0.123. The summed E-state index contributed by atoms with van der Waals surface area (Å²) in [5, 5.41) is 10.7. The van der Waals surface area contributed by atoms with Crippen LogP contribution in [0.1, 0.15) is 25.7 Å². The van der Waals surface area contributed by atoms with Crippen LogP contribution in [0, 0.1) is 0 Å². The number of aliphatic hydroxyl groups excluding tert-OH is 1. The molecule has 1 aliphatic heterocycles. The van der Waals surface area contributed by atoms with Gasteiger partial charge >= 0.3 is 0 Å². The molecule has 0 spiro atoms. The first kappa shape index (κ1) is 9.50. The second kappa shape index (κ2) is 3.99. The van der Waals surface area contributed by atoms with Crippen molar-refractivity contribution in [2.75, 3.05) is 13.1 Å². The van der Waals surface area contributed by atoms with Crippen molar-refractivity contribution >= 4 is 11.6 Å². The summed E-state index contributed by atoms with van der Waals surface area (Å²) in [5.74, 6) is 0. The molecule has 0 radical (unpaired) electrons. The minimum Gasteiger partial charge on any atom is -0.391 e. The minimum absolute atomic E-state index is 0.123. The summed E-state index contributed by atoms with van der Waals surface area (Å²) < 4.78 is 0. The molecule has 0 bridgehead atoms. The number of halogens is 1. The number of hydrogen-bond donors (Lipinski definition) is 1. The van der Waals surface area contributed by atoms with Crippen LogP contribution in [0.25, 0.3) is 0 Å². The van der Waals surface area contributed by atoms with Crippen LogP contribution in [-0.2, 0) is 0 Å². The van der Waals surface area contributed by atoms with Gasteiger partial charge in [0.1, 0.15) is 0 Å². The highest BCUT2D eigenvalue weighted by Gasteiger charge is 2.31. The zero-order valence-electron chi connectivity index (χ0n) is 7.75. The second-order valence-corrected chi connectivity index (χ2v) is 4.46. The van der Waals surface area contributed by atoms with Gasteiger partial charge in [0.05, 0.1) is 6.10 Å². The molecule has 1 N–H and O–H groups in total. The summed E-state index contributed by atoms with van der Waals surface area (Å²) in [4.78, 5) is 2.32. The van der Waals surface area contributed by atoms with E-state index in [1.807, 2.05) is 0 Å². The molecule has 2 nitrogen and oxygen atoms in total. The summed E-state index contributed by atoms with van der Waals surface area (Å²) in [6, 6.07) is 0.363. The van der Waals surface area contributed by atoms with Crippen molar-refractivity contribution in [2.45, 2.75) is 37.8 Å². The first-order valence-corrected chi connectivity index (χ1v) is 5.42. The Bertz CT molecular complexity index is 217. The normalized spacial score (nSPS) is 36.3. The predicted molar refractivity (Wildman–Crippen MR) is 53.8 cm³/mol. The van der Waals surface area contributed by atoms with Crippen molar-refractivity contribution in [1.82, 2.24) is 4.90 Å². The molecular weight excluding hydrogens is 186 g/mol. The number of hydrogen-bond acceptors (Lipinski definition) is 2. The molecule has 1 fully saturated rings. The van der Waals surface area contributed by atoms with E-state index in [0.717, 1.165) is 43.8 Å². The topological polar surface area (TPSA) is 23.5 Å². The van der Waals surface area contributed by atoms with Crippen LogP contribution in [0.5, 0.6) is 0 Å². The first-order valence-electron chi connectivity index (χ1n) is 5.04. The van der Waals surface area contributed by atoms with Gasteiger partial charge in [0.25, 0.3) is 0 Å². The van der Waals surface area contributed by atoms with Crippen LogP contribution in [0.3, 0.4) is 0 Å². The number of rotatable bonds is 1. The Labute approximate surface area is 84.2 Å². The van der Waals surface area contributed by atoms with Crippen LogP contribution in [-0.4, -0.2) is 35.2 Å². The molecule has 1 saturated carbocycles. The largest absolute Gasteiger partial charge is 0.391 e. The molecule has 74 valence electrons. The van der Waals surface area contributed by atoms with Crippen molar-refractivity contribution in [1.29, 1.82) is 0 Å². The van der Waals surface area contributed by atoms with Gasteiger partial charge in [-0.25, -0.2) is 0 Å². The third kappa shape index (κ3) is 2.06. The van der Waals surface area contributed by atoms with E-state index in [4.69, 9.17) is 11.6 Å².